The first kappa shape index (κ1) is 14.5. The van der Waals surface area contributed by atoms with E-state index in [2.05, 4.69) is 0 Å². The molecule has 0 radical (unpaired) electrons. The van der Waals surface area contributed by atoms with Gasteiger partial charge in [0.2, 0.25) is 0 Å². The molecule has 18 heavy (non-hydrogen) atoms. The first-order valence-corrected chi connectivity index (χ1v) is 5.91. The predicted octanol–water partition coefficient (Wildman–Crippen LogP) is 1.52. The van der Waals surface area contributed by atoms with Crippen LogP contribution in [0, 0.1) is 0 Å². The summed E-state index contributed by atoms with van der Waals surface area (Å²) in [5, 5.41) is 8.73. The van der Waals surface area contributed by atoms with Crippen LogP contribution in [-0.2, 0) is 4.74 Å². The van der Waals surface area contributed by atoms with Crippen molar-refractivity contribution in [3.05, 3.63) is 29.8 Å². The number of carbonyl (C=O) groups is 1. The number of carboxylic acids is 1. The fourth-order valence-electron chi connectivity index (χ4n) is 1.30. The van der Waals surface area contributed by atoms with Gasteiger partial charge in [0.05, 0.1) is 24.9 Å². The molecule has 0 aliphatic rings. The Balaban J connectivity index is 2.21. The van der Waals surface area contributed by atoms with Crippen molar-refractivity contribution < 1.29 is 19.4 Å². The van der Waals surface area contributed by atoms with Gasteiger partial charge in [-0.2, -0.15) is 0 Å². The van der Waals surface area contributed by atoms with Crippen LogP contribution in [0.3, 0.4) is 0 Å². The number of hydrogen-bond acceptors (Lipinski definition) is 4. The number of hydrogen-bond donors (Lipinski definition) is 2. The highest BCUT2D eigenvalue weighted by Crippen LogP contribution is 2.12. The van der Waals surface area contributed by atoms with Gasteiger partial charge in [0.1, 0.15) is 5.75 Å². The van der Waals surface area contributed by atoms with Gasteiger partial charge in [0.25, 0.3) is 0 Å². The van der Waals surface area contributed by atoms with Gasteiger partial charge < -0.3 is 20.3 Å². The molecule has 0 saturated carbocycles. The van der Waals surface area contributed by atoms with Crippen molar-refractivity contribution in [2.24, 2.45) is 5.73 Å². The Morgan fingerprint density at radius 1 is 1.33 bits per heavy atom. The summed E-state index contributed by atoms with van der Waals surface area (Å²) < 4.78 is 10.8. The predicted molar refractivity (Wildman–Crippen MR) is 68.0 cm³/mol. The molecule has 100 valence electrons. The van der Waals surface area contributed by atoms with Crippen LogP contribution >= 0.6 is 0 Å². The molecule has 5 nitrogen and oxygen atoms in total. The number of aromatic carboxylic acids is 1. The van der Waals surface area contributed by atoms with Crippen molar-refractivity contribution in [3.8, 4) is 5.75 Å². The lowest BCUT2D eigenvalue weighted by molar-refractivity contribution is 0.0631. The average molecular weight is 253 g/mol. The van der Waals surface area contributed by atoms with E-state index >= 15 is 0 Å². The Labute approximate surface area is 107 Å². The fourth-order valence-corrected chi connectivity index (χ4v) is 1.30. The standard InChI is InChI=1S/C13H19NO4/c1-10(9-14)17-7-2-8-18-12-5-3-11(4-6-12)13(15)16/h3-6,10H,2,7-9,14H2,1H3,(H,15,16). The third kappa shape index (κ3) is 5.16. The molecule has 0 aliphatic carbocycles. The van der Waals surface area contributed by atoms with E-state index in [1.54, 1.807) is 12.1 Å². The van der Waals surface area contributed by atoms with E-state index in [9.17, 15) is 4.79 Å². The molecule has 0 saturated heterocycles. The van der Waals surface area contributed by atoms with Gasteiger partial charge in [-0.1, -0.05) is 0 Å². The van der Waals surface area contributed by atoms with Crippen molar-refractivity contribution in [2.75, 3.05) is 19.8 Å². The third-order valence-electron chi connectivity index (χ3n) is 2.39. The Morgan fingerprint density at radius 3 is 2.56 bits per heavy atom. The van der Waals surface area contributed by atoms with Gasteiger partial charge in [-0.15, -0.1) is 0 Å². The molecule has 0 amide bonds. The molecule has 1 aromatic carbocycles. The zero-order chi connectivity index (χ0) is 13.4. The van der Waals surface area contributed by atoms with E-state index in [0.717, 1.165) is 6.42 Å². The molecule has 1 aromatic rings. The molecule has 0 bridgehead atoms. The topological polar surface area (TPSA) is 81.8 Å². The molecular weight excluding hydrogens is 234 g/mol. The van der Waals surface area contributed by atoms with E-state index in [4.69, 9.17) is 20.3 Å². The molecule has 3 N–H and O–H groups in total. The van der Waals surface area contributed by atoms with Crippen LogP contribution in [0.2, 0.25) is 0 Å². The molecule has 1 rings (SSSR count). The van der Waals surface area contributed by atoms with Crippen LogP contribution in [-0.4, -0.2) is 36.9 Å². The maximum absolute atomic E-state index is 10.6. The van der Waals surface area contributed by atoms with Gasteiger partial charge in [-0.25, -0.2) is 4.79 Å². The summed E-state index contributed by atoms with van der Waals surface area (Å²) in [6.07, 6.45) is 0.838. The fraction of sp³-hybridized carbons (Fsp3) is 0.462. The van der Waals surface area contributed by atoms with E-state index in [-0.39, 0.29) is 11.7 Å². The average Bonchev–Trinajstić information content (AvgIpc) is 2.38. The Hall–Kier alpha value is -1.59. The van der Waals surface area contributed by atoms with Crippen LogP contribution in [0.4, 0.5) is 0 Å². The molecule has 0 fully saturated rings. The lowest BCUT2D eigenvalue weighted by Gasteiger charge is -2.10. The zero-order valence-electron chi connectivity index (χ0n) is 10.5. The Kier molecular flexibility index (Phi) is 6.18. The number of rotatable bonds is 8. The van der Waals surface area contributed by atoms with E-state index in [0.29, 0.717) is 25.5 Å². The highest BCUT2D eigenvalue weighted by molar-refractivity contribution is 5.87. The largest absolute Gasteiger partial charge is 0.494 e. The molecule has 1 unspecified atom stereocenters. The molecule has 0 aromatic heterocycles. The van der Waals surface area contributed by atoms with Crippen LogP contribution in [0.25, 0.3) is 0 Å². The summed E-state index contributed by atoms with van der Waals surface area (Å²) in [7, 11) is 0. The maximum atomic E-state index is 10.6. The van der Waals surface area contributed by atoms with Crippen LogP contribution in [0.15, 0.2) is 24.3 Å². The Bertz CT molecular complexity index is 364. The normalized spacial score (nSPS) is 12.1. The van der Waals surface area contributed by atoms with Crippen molar-refractivity contribution in [2.45, 2.75) is 19.4 Å². The smallest absolute Gasteiger partial charge is 0.335 e. The first-order valence-electron chi connectivity index (χ1n) is 5.91. The summed E-state index contributed by atoms with van der Waals surface area (Å²) in [5.41, 5.74) is 5.66. The highest BCUT2D eigenvalue weighted by atomic mass is 16.5. The summed E-state index contributed by atoms with van der Waals surface area (Å²) >= 11 is 0. The van der Waals surface area contributed by atoms with Crippen LogP contribution in [0.5, 0.6) is 5.75 Å². The van der Waals surface area contributed by atoms with Gasteiger partial charge in [0.15, 0.2) is 0 Å². The number of nitrogens with two attached hydrogens (primary N) is 1. The van der Waals surface area contributed by atoms with Crippen LogP contribution in [0.1, 0.15) is 23.7 Å². The monoisotopic (exact) mass is 253 g/mol. The Morgan fingerprint density at radius 2 is 2.00 bits per heavy atom. The third-order valence-corrected chi connectivity index (χ3v) is 2.39. The summed E-state index contributed by atoms with van der Waals surface area (Å²) in [4.78, 5) is 10.6. The van der Waals surface area contributed by atoms with Gasteiger partial charge in [0, 0.05) is 13.0 Å². The SMILES string of the molecule is CC(CN)OCCCOc1ccc(C(=O)O)cc1. The second-order valence-electron chi connectivity index (χ2n) is 3.95. The number of ether oxygens (including phenoxy) is 2. The molecule has 0 heterocycles. The second-order valence-corrected chi connectivity index (χ2v) is 3.95. The van der Waals surface area contributed by atoms with Crippen molar-refractivity contribution in [3.63, 3.8) is 0 Å². The van der Waals surface area contributed by atoms with Crippen molar-refractivity contribution in [1.82, 2.24) is 0 Å². The molecule has 5 heteroatoms. The lowest BCUT2D eigenvalue weighted by atomic mass is 10.2. The second kappa shape index (κ2) is 7.68. The molecular formula is C13H19NO4. The summed E-state index contributed by atoms with van der Waals surface area (Å²) in [5.74, 6) is -0.280. The number of benzene rings is 1. The minimum atomic E-state index is -0.939. The minimum Gasteiger partial charge on any atom is -0.494 e. The van der Waals surface area contributed by atoms with Gasteiger partial charge >= 0.3 is 5.97 Å². The summed E-state index contributed by atoms with van der Waals surface area (Å²) in [6, 6.07) is 6.33. The molecule has 0 spiro atoms. The highest BCUT2D eigenvalue weighted by Gasteiger charge is 2.02. The zero-order valence-corrected chi connectivity index (χ0v) is 10.5. The van der Waals surface area contributed by atoms with E-state index in [1.807, 2.05) is 6.92 Å². The minimum absolute atomic E-state index is 0.0693. The maximum Gasteiger partial charge on any atom is 0.335 e. The van der Waals surface area contributed by atoms with E-state index in [1.165, 1.54) is 12.1 Å². The van der Waals surface area contributed by atoms with Gasteiger partial charge in [-0.3, -0.25) is 0 Å². The van der Waals surface area contributed by atoms with Crippen molar-refractivity contribution >= 4 is 5.97 Å². The summed E-state index contributed by atoms with van der Waals surface area (Å²) in [6.45, 7) is 3.57. The van der Waals surface area contributed by atoms with Crippen LogP contribution < -0.4 is 10.5 Å². The molecule has 0 aliphatic heterocycles. The number of carboxylic acid groups (broad SMARTS) is 1. The molecule has 1 atom stereocenters. The van der Waals surface area contributed by atoms with Gasteiger partial charge in [-0.05, 0) is 31.2 Å². The van der Waals surface area contributed by atoms with E-state index < -0.39 is 5.97 Å². The quantitative estimate of drug-likeness (QED) is 0.686. The first-order chi connectivity index (χ1) is 8.63. The lowest BCUT2D eigenvalue weighted by Crippen LogP contribution is -2.21. The van der Waals surface area contributed by atoms with Crippen molar-refractivity contribution in [1.29, 1.82) is 0 Å².